The number of hydrogen-bond acceptors (Lipinski definition) is 7. The molecule has 2 N–H and O–H groups in total. The van der Waals surface area contributed by atoms with Gasteiger partial charge in [0.05, 0.1) is 22.8 Å². The predicted molar refractivity (Wildman–Crippen MR) is 127 cm³/mol. The number of aliphatic imine (C=N–C) groups is 1. The van der Waals surface area contributed by atoms with Crippen LogP contribution in [-0.4, -0.2) is 48.1 Å². The normalized spacial score (nSPS) is 16.0. The molecule has 0 saturated carbocycles. The van der Waals surface area contributed by atoms with Gasteiger partial charge in [-0.15, -0.1) is 0 Å². The molecule has 0 radical (unpaired) electrons. The zero-order valence-corrected chi connectivity index (χ0v) is 19.7. The van der Waals surface area contributed by atoms with Crippen LogP contribution in [0, 0.1) is 0 Å². The average Bonchev–Trinajstić information content (AvgIpc) is 3.01. The van der Waals surface area contributed by atoms with Crippen LogP contribution in [0.1, 0.15) is 22.8 Å². The summed E-state index contributed by atoms with van der Waals surface area (Å²) in [5, 5.41) is 0.455. The van der Waals surface area contributed by atoms with Gasteiger partial charge in [0.1, 0.15) is 5.75 Å². The van der Waals surface area contributed by atoms with Crippen LogP contribution in [0.5, 0.6) is 5.75 Å². The first-order valence-electron chi connectivity index (χ1n) is 9.52. The van der Waals surface area contributed by atoms with Crippen LogP contribution in [-0.2, 0) is 14.3 Å². The number of esters is 1. The third-order valence-corrected chi connectivity index (χ3v) is 5.77. The van der Waals surface area contributed by atoms with Crippen molar-refractivity contribution in [1.82, 2.24) is 4.90 Å². The fraction of sp³-hybridized carbons (Fsp3) is 0.182. The molecule has 2 amide bonds. The number of amidine groups is 1. The molecule has 2 aromatic carbocycles. The van der Waals surface area contributed by atoms with Crippen molar-refractivity contribution in [2.45, 2.75) is 6.92 Å². The van der Waals surface area contributed by atoms with Gasteiger partial charge in [-0.05, 0) is 61.2 Å². The Labute approximate surface area is 197 Å². The number of primary amides is 1. The van der Waals surface area contributed by atoms with Crippen molar-refractivity contribution in [1.29, 1.82) is 0 Å². The number of carbonyl (C=O) groups excluding carboxylic acids is 3. The Balaban J connectivity index is 1.89. The summed E-state index contributed by atoms with van der Waals surface area (Å²) in [6.45, 7) is 1.74. The van der Waals surface area contributed by atoms with Gasteiger partial charge in [-0.2, -0.15) is 0 Å². The summed E-state index contributed by atoms with van der Waals surface area (Å²) in [6.07, 6.45) is 1.67. The van der Waals surface area contributed by atoms with Crippen molar-refractivity contribution < 1.29 is 23.9 Å². The number of benzene rings is 2. The van der Waals surface area contributed by atoms with E-state index < -0.39 is 11.9 Å². The SMILES string of the molecule is CCOC(=O)c1cccc(N=C2SC(=Cc3cc(Br)ccc3OCC(N)=O)C(=O)N2C)c1. The topological polar surface area (TPSA) is 111 Å². The molecule has 1 saturated heterocycles. The summed E-state index contributed by atoms with van der Waals surface area (Å²) in [5.41, 5.74) is 6.67. The van der Waals surface area contributed by atoms with E-state index in [2.05, 4.69) is 20.9 Å². The number of hydrogen-bond donors (Lipinski definition) is 1. The molecule has 32 heavy (non-hydrogen) atoms. The Morgan fingerprint density at radius 3 is 2.75 bits per heavy atom. The van der Waals surface area contributed by atoms with E-state index in [4.69, 9.17) is 15.2 Å². The lowest BCUT2D eigenvalue weighted by atomic mass is 10.2. The van der Waals surface area contributed by atoms with Gasteiger partial charge in [-0.3, -0.25) is 14.5 Å². The zero-order chi connectivity index (χ0) is 23.3. The van der Waals surface area contributed by atoms with Gasteiger partial charge in [0, 0.05) is 17.1 Å². The van der Waals surface area contributed by atoms with Gasteiger partial charge in [0.25, 0.3) is 11.8 Å². The molecule has 0 bridgehead atoms. The molecule has 0 unspecified atom stereocenters. The summed E-state index contributed by atoms with van der Waals surface area (Å²) in [5.74, 6) is -0.854. The minimum Gasteiger partial charge on any atom is -0.483 e. The zero-order valence-electron chi connectivity index (χ0n) is 17.3. The molecular weight excluding hydrogens is 498 g/mol. The highest BCUT2D eigenvalue weighted by Gasteiger charge is 2.30. The molecule has 166 valence electrons. The molecule has 0 spiro atoms. The molecule has 1 aliphatic heterocycles. The summed E-state index contributed by atoms with van der Waals surface area (Å²) >= 11 is 4.59. The largest absolute Gasteiger partial charge is 0.483 e. The molecule has 1 aliphatic rings. The molecule has 0 aromatic heterocycles. The quantitative estimate of drug-likeness (QED) is 0.442. The van der Waals surface area contributed by atoms with Gasteiger partial charge >= 0.3 is 5.97 Å². The minimum atomic E-state index is -0.600. The number of nitrogens with zero attached hydrogens (tertiary/aromatic N) is 2. The number of amides is 2. The first-order valence-corrected chi connectivity index (χ1v) is 11.1. The van der Waals surface area contributed by atoms with Gasteiger partial charge in [0.15, 0.2) is 11.8 Å². The second kappa shape index (κ2) is 10.5. The van der Waals surface area contributed by atoms with Crippen LogP contribution in [0.3, 0.4) is 0 Å². The first kappa shape index (κ1) is 23.6. The Kier molecular flexibility index (Phi) is 7.70. The van der Waals surface area contributed by atoms with E-state index in [9.17, 15) is 14.4 Å². The predicted octanol–water partition coefficient (Wildman–Crippen LogP) is 3.72. The maximum Gasteiger partial charge on any atom is 0.338 e. The van der Waals surface area contributed by atoms with Crippen molar-refractivity contribution in [3.63, 3.8) is 0 Å². The Hall–Kier alpha value is -3.11. The van der Waals surface area contributed by atoms with E-state index >= 15 is 0 Å². The summed E-state index contributed by atoms with van der Waals surface area (Å²) in [6, 6.07) is 11.9. The standard InChI is InChI=1S/C22H20BrN3O5S/c1-3-30-21(29)13-5-4-6-16(10-13)25-22-26(2)20(28)18(32-22)11-14-9-15(23)7-8-17(14)31-12-19(24)27/h4-11H,3,12H2,1-2H3,(H2,24,27). The van der Waals surface area contributed by atoms with Crippen molar-refractivity contribution in [3.8, 4) is 5.75 Å². The van der Waals surface area contributed by atoms with Crippen LogP contribution >= 0.6 is 27.7 Å². The molecular formula is C22H20BrN3O5S. The van der Waals surface area contributed by atoms with Crippen LogP contribution in [0.2, 0.25) is 0 Å². The molecule has 10 heteroatoms. The first-order chi connectivity index (χ1) is 15.3. The number of thioether (sulfide) groups is 1. The Bertz CT molecular complexity index is 1130. The van der Waals surface area contributed by atoms with E-state index in [0.29, 0.717) is 32.6 Å². The summed E-state index contributed by atoms with van der Waals surface area (Å²) in [7, 11) is 1.62. The fourth-order valence-electron chi connectivity index (χ4n) is 2.73. The Morgan fingerprint density at radius 2 is 2.03 bits per heavy atom. The summed E-state index contributed by atoms with van der Waals surface area (Å²) in [4.78, 5) is 42.2. The fourth-order valence-corrected chi connectivity index (χ4v) is 4.09. The van der Waals surface area contributed by atoms with Gasteiger partial charge in [0.2, 0.25) is 0 Å². The number of likely N-dealkylation sites (N-methyl/N-ethyl adjacent to an activating group) is 1. The molecule has 2 aromatic rings. The Morgan fingerprint density at radius 1 is 1.25 bits per heavy atom. The van der Waals surface area contributed by atoms with Crippen molar-refractivity contribution >= 4 is 62.4 Å². The van der Waals surface area contributed by atoms with Gasteiger partial charge < -0.3 is 15.2 Å². The number of ether oxygens (including phenoxy) is 2. The number of rotatable bonds is 7. The minimum absolute atomic E-state index is 0.240. The monoisotopic (exact) mass is 517 g/mol. The van der Waals surface area contributed by atoms with E-state index in [1.54, 1.807) is 62.5 Å². The van der Waals surface area contributed by atoms with Crippen LogP contribution < -0.4 is 10.5 Å². The maximum atomic E-state index is 12.8. The molecule has 1 heterocycles. The number of halogens is 1. The lowest BCUT2D eigenvalue weighted by molar-refractivity contribution is -0.121. The second-order valence-electron chi connectivity index (χ2n) is 6.58. The number of nitrogens with two attached hydrogens (primary N) is 1. The third-order valence-electron chi connectivity index (χ3n) is 4.21. The van der Waals surface area contributed by atoms with E-state index in [0.717, 1.165) is 4.47 Å². The highest BCUT2D eigenvalue weighted by Crippen LogP contribution is 2.35. The summed E-state index contributed by atoms with van der Waals surface area (Å²) < 4.78 is 11.3. The maximum absolute atomic E-state index is 12.8. The van der Waals surface area contributed by atoms with Crippen LogP contribution in [0.25, 0.3) is 6.08 Å². The van der Waals surface area contributed by atoms with Crippen molar-refractivity contribution in [2.75, 3.05) is 20.3 Å². The molecule has 1 fully saturated rings. The molecule has 8 nitrogen and oxygen atoms in total. The highest BCUT2D eigenvalue weighted by atomic mass is 79.9. The van der Waals surface area contributed by atoms with E-state index in [-0.39, 0.29) is 19.1 Å². The highest BCUT2D eigenvalue weighted by molar-refractivity contribution is 9.10. The lowest BCUT2D eigenvalue weighted by Crippen LogP contribution is -2.23. The second-order valence-corrected chi connectivity index (χ2v) is 8.50. The average molecular weight is 518 g/mol. The third kappa shape index (κ3) is 5.77. The number of carbonyl (C=O) groups is 3. The molecule has 3 rings (SSSR count). The molecule has 0 atom stereocenters. The van der Waals surface area contributed by atoms with Crippen molar-refractivity contribution in [2.24, 2.45) is 10.7 Å². The molecule has 0 aliphatic carbocycles. The van der Waals surface area contributed by atoms with E-state index in [1.165, 1.54) is 16.7 Å². The van der Waals surface area contributed by atoms with E-state index in [1.807, 2.05) is 0 Å². The lowest BCUT2D eigenvalue weighted by Gasteiger charge is -2.09. The van der Waals surface area contributed by atoms with Crippen LogP contribution in [0.4, 0.5) is 5.69 Å². The van der Waals surface area contributed by atoms with Crippen molar-refractivity contribution in [3.05, 3.63) is 63.0 Å². The van der Waals surface area contributed by atoms with Gasteiger partial charge in [-0.25, -0.2) is 9.79 Å². The van der Waals surface area contributed by atoms with Crippen LogP contribution in [0.15, 0.2) is 56.8 Å². The van der Waals surface area contributed by atoms with Gasteiger partial charge in [-0.1, -0.05) is 22.0 Å². The smallest absolute Gasteiger partial charge is 0.338 e.